The van der Waals surface area contributed by atoms with Gasteiger partial charge in [-0.1, -0.05) is 44.5 Å². The van der Waals surface area contributed by atoms with Gasteiger partial charge >= 0.3 is 0 Å². The van der Waals surface area contributed by atoms with Crippen LogP contribution in [0.5, 0.6) is 0 Å². The van der Waals surface area contributed by atoms with Gasteiger partial charge in [0.2, 0.25) is 0 Å². The van der Waals surface area contributed by atoms with E-state index in [1.165, 1.54) is 6.07 Å². The molecule has 2 heteroatoms. The summed E-state index contributed by atoms with van der Waals surface area (Å²) >= 11 is 5.93. The summed E-state index contributed by atoms with van der Waals surface area (Å²) in [6.45, 7) is 8.39. The molecule has 0 N–H and O–H groups in total. The second kappa shape index (κ2) is 5.57. The van der Waals surface area contributed by atoms with Gasteiger partial charge in [0.25, 0.3) is 0 Å². The first kappa shape index (κ1) is 15.1. The highest BCUT2D eigenvalue weighted by molar-refractivity contribution is 6.17. The average molecular weight is 291 g/mol. The number of halogens is 2. The average Bonchev–Trinajstić information content (AvgIpc) is 2.39. The molecule has 0 heterocycles. The van der Waals surface area contributed by atoms with E-state index < -0.39 is 0 Å². The molecule has 0 radical (unpaired) electrons. The number of hydrogen-bond acceptors (Lipinski definition) is 0. The Hall–Kier alpha value is -1.34. The Morgan fingerprint density at radius 1 is 1.00 bits per heavy atom. The van der Waals surface area contributed by atoms with Gasteiger partial charge in [-0.25, -0.2) is 4.39 Å². The van der Waals surface area contributed by atoms with E-state index in [0.717, 1.165) is 22.3 Å². The first-order valence-corrected chi connectivity index (χ1v) is 7.32. The fourth-order valence-electron chi connectivity index (χ4n) is 2.40. The van der Waals surface area contributed by atoms with Gasteiger partial charge < -0.3 is 0 Å². The summed E-state index contributed by atoms with van der Waals surface area (Å²) in [6.07, 6.45) is 0. The van der Waals surface area contributed by atoms with Crippen LogP contribution in [-0.2, 0) is 11.3 Å². The Labute approximate surface area is 125 Å². The molecular weight excluding hydrogens is 271 g/mol. The lowest BCUT2D eigenvalue weighted by Gasteiger charge is -2.24. The summed E-state index contributed by atoms with van der Waals surface area (Å²) in [7, 11) is 0. The summed E-state index contributed by atoms with van der Waals surface area (Å²) in [5.41, 5.74) is 4.75. The van der Waals surface area contributed by atoms with Crippen LogP contribution in [0.1, 0.15) is 37.5 Å². The smallest absolute Gasteiger partial charge is 0.131 e. The third-order valence-corrected chi connectivity index (χ3v) is 3.77. The molecule has 0 saturated heterocycles. The molecule has 0 unspecified atom stereocenters. The Morgan fingerprint density at radius 3 is 2.30 bits per heavy atom. The summed E-state index contributed by atoms with van der Waals surface area (Å²) in [5.74, 6) is 0.248. The van der Waals surface area contributed by atoms with E-state index in [1.54, 1.807) is 6.07 Å². The second-order valence-corrected chi connectivity index (χ2v) is 6.51. The van der Waals surface area contributed by atoms with Crippen LogP contribution in [0.2, 0.25) is 0 Å². The highest BCUT2D eigenvalue weighted by Crippen LogP contribution is 2.35. The lowest BCUT2D eigenvalue weighted by molar-refractivity contribution is 0.589. The van der Waals surface area contributed by atoms with Crippen molar-refractivity contribution in [2.75, 3.05) is 0 Å². The van der Waals surface area contributed by atoms with Crippen molar-refractivity contribution in [3.8, 4) is 11.1 Å². The third-order valence-electron chi connectivity index (χ3n) is 3.46. The first-order chi connectivity index (χ1) is 9.32. The number of aryl methyl sites for hydroxylation is 1. The fraction of sp³-hybridized carbons (Fsp3) is 0.333. The van der Waals surface area contributed by atoms with Gasteiger partial charge in [-0.15, -0.1) is 11.6 Å². The van der Waals surface area contributed by atoms with Crippen LogP contribution in [0, 0.1) is 12.7 Å². The molecular formula is C18H20ClF. The minimum Gasteiger partial charge on any atom is -0.206 e. The summed E-state index contributed by atoms with van der Waals surface area (Å²) in [4.78, 5) is 0. The van der Waals surface area contributed by atoms with Crippen molar-refractivity contribution in [1.29, 1.82) is 0 Å². The Bertz CT molecular complexity index is 624. The molecule has 2 aromatic carbocycles. The SMILES string of the molecule is Cc1ccc(F)c(-c2cc(CCl)ccc2C(C)(C)C)c1. The van der Waals surface area contributed by atoms with Crippen molar-refractivity contribution >= 4 is 11.6 Å². The zero-order valence-electron chi connectivity index (χ0n) is 12.4. The van der Waals surface area contributed by atoms with Gasteiger partial charge in [-0.3, -0.25) is 0 Å². The Morgan fingerprint density at radius 2 is 1.70 bits per heavy atom. The first-order valence-electron chi connectivity index (χ1n) is 6.79. The quantitative estimate of drug-likeness (QED) is 0.610. The van der Waals surface area contributed by atoms with Gasteiger partial charge in [0.05, 0.1) is 0 Å². The van der Waals surface area contributed by atoms with Gasteiger partial charge in [-0.2, -0.15) is 0 Å². The normalized spacial score (nSPS) is 11.7. The van der Waals surface area contributed by atoms with Gasteiger partial charge in [-0.05, 0) is 47.2 Å². The molecule has 0 aromatic heterocycles. The molecule has 0 fully saturated rings. The molecule has 0 atom stereocenters. The van der Waals surface area contributed by atoms with Crippen molar-refractivity contribution in [2.45, 2.75) is 39.0 Å². The molecule has 106 valence electrons. The minimum absolute atomic E-state index is 0.0453. The van der Waals surface area contributed by atoms with E-state index in [-0.39, 0.29) is 11.2 Å². The molecule has 0 amide bonds. The summed E-state index contributed by atoms with van der Waals surface area (Å²) in [5, 5.41) is 0. The van der Waals surface area contributed by atoms with Crippen LogP contribution in [0.4, 0.5) is 4.39 Å². The van der Waals surface area contributed by atoms with Crippen molar-refractivity contribution in [3.05, 3.63) is 58.9 Å². The Balaban J connectivity index is 2.73. The predicted octanol–water partition coefficient (Wildman–Crippen LogP) is 5.84. The van der Waals surface area contributed by atoms with E-state index in [0.29, 0.717) is 11.4 Å². The molecule has 0 aliphatic rings. The van der Waals surface area contributed by atoms with Crippen LogP contribution in [0.15, 0.2) is 36.4 Å². The second-order valence-electron chi connectivity index (χ2n) is 6.25. The Kier molecular flexibility index (Phi) is 4.19. The molecule has 0 nitrogen and oxygen atoms in total. The maximum absolute atomic E-state index is 14.2. The van der Waals surface area contributed by atoms with Crippen molar-refractivity contribution in [2.24, 2.45) is 0 Å². The molecule has 20 heavy (non-hydrogen) atoms. The number of benzene rings is 2. The fourth-order valence-corrected chi connectivity index (χ4v) is 2.56. The largest absolute Gasteiger partial charge is 0.206 e. The number of rotatable bonds is 2. The van der Waals surface area contributed by atoms with E-state index in [1.807, 2.05) is 25.1 Å². The van der Waals surface area contributed by atoms with Crippen molar-refractivity contribution in [3.63, 3.8) is 0 Å². The van der Waals surface area contributed by atoms with Crippen molar-refractivity contribution < 1.29 is 4.39 Å². The molecule has 2 rings (SSSR count). The van der Waals surface area contributed by atoms with Crippen molar-refractivity contribution in [1.82, 2.24) is 0 Å². The number of alkyl halides is 1. The van der Waals surface area contributed by atoms with Crippen LogP contribution >= 0.6 is 11.6 Å². The zero-order chi connectivity index (χ0) is 14.9. The predicted molar refractivity (Wildman–Crippen MR) is 84.8 cm³/mol. The molecule has 0 spiro atoms. The van der Waals surface area contributed by atoms with Crippen LogP contribution < -0.4 is 0 Å². The van der Waals surface area contributed by atoms with Crippen LogP contribution in [-0.4, -0.2) is 0 Å². The lowest BCUT2D eigenvalue weighted by atomic mass is 9.81. The summed E-state index contributed by atoms with van der Waals surface area (Å²) < 4.78 is 14.2. The van der Waals surface area contributed by atoms with Gasteiger partial charge in [0.15, 0.2) is 0 Å². The molecule has 2 aromatic rings. The molecule has 0 aliphatic carbocycles. The summed E-state index contributed by atoms with van der Waals surface area (Å²) in [6, 6.07) is 11.3. The zero-order valence-corrected chi connectivity index (χ0v) is 13.2. The molecule has 0 bridgehead atoms. The van der Waals surface area contributed by atoms with E-state index in [9.17, 15) is 4.39 Å². The van der Waals surface area contributed by atoms with E-state index in [2.05, 4.69) is 26.8 Å². The van der Waals surface area contributed by atoms with Gasteiger partial charge in [0, 0.05) is 11.4 Å². The third kappa shape index (κ3) is 3.04. The van der Waals surface area contributed by atoms with Crippen LogP contribution in [0.25, 0.3) is 11.1 Å². The van der Waals surface area contributed by atoms with E-state index in [4.69, 9.17) is 11.6 Å². The monoisotopic (exact) mass is 290 g/mol. The highest BCUT2D eigenvalue weighted by Gasteiger charge is 2.20. The van der Waals surface area contributed by atoms with Gasteiger partial charge in [0.1, 0.15) is 5.82 Å². The maximum atomic E-state index is 14.2. The number of hydrogen-bond donors (Lipinski definition) is 0. The maximum Gasteiger partial charge on any atom is 0.131 e. The standard InChI is InChI=1S/C18H20ClF/c1-12-5-8-17(20)15(9-12)14-10-13(11-19)6-7-16(14)18(2,3)4/h5-10H,11H2,1-4H3. The van der Waals surface area contributed by atoms with E-state index >= 15 is 0 Å². The molecule has 0 saturated carbocycles. The lowest BCUT2D eigenvalue weighted by Crippen LogP contribution is -2.13. The topological polar surface area (TPSA) is 0 Å². The minimum atomic E-state index is -0.187. The molecule has 0 aliphatic heterocycles. The highest BCUT2D eigenvalue weighted by atomic mass is 35.5. The van der Waals surface area contributed by atoms with Crippen LogP contribution in [0.3, 0.4) is 0 Å².